The summed E-state index contributed by atoms with van der Waals surface area (Å²) in [6.07, 6.45) is 4.89. The van der Waals surface area contributed by atoms with Crippen LogP contribution in [0.3, 0.4) is 0 Å². The van der Waals surface area contributed by atoms with E-state index in [-0.39, 0.29) is 0 Å². The molecule has 1 fully saturated rings. The van der Waals surface area contributed by atoms with Crippen molar-refractivity contribution >= 4 is 0 Å². The first kappa shape index (κ1) is 17.0. The highest BCUT2D eigenvalue weighted by molar-refractivity contribution is 5.28. The zero-order valence-electron chi connectivity index (χ0n) is 14.3. The van der Waals surface area contributed by atoms with Gasteiger partial charge in [0.05, 0.1) is 0 Å². The van der Waals surface area contributed by atoms with Crippen LogP contribution in [0, 0.1) is 0 Å². The van der Waals surface area contributed by atoms with E-state index in [1.165, 1.54) is 36.9 Å². The second-order valence-electron chi connectivity index (χ2n) is 6.50. The van der Waals surface area contributed by atoms with Crippen LogP contribution in [0.1, 0.15) is 30.4 Å². The molecule has 3 rings (SSSR count). The van der Waals surface area contributed by atoms with Crippen LogP contribution >= 0.6 is 0 Å². The van der Waals surface area contributed by atoms with Gasteiger partial charge >= 0.3 is 0 Å². The van der Waals surface area contributed by atoms with Crippen molar-refractivity contribution in [1.29, 1.82) is 0 Å². The highest BCUT2D eigenvalue weighted by atomic mass is 16.5. The third kappa shape index (κ3) is 5.66. The van der Waals surface area contributed by atoms with E-state index < -0.39 is 0 Å². The maximum atomic E-state index is 5.84. The summed E-state index contributed by atoms with van der Waals surface area (Å²) in [6, 6.07) is 19.5. The average Bonchev–Trinajstić information content (AvgIpc) is 2.91. The first-order valence-corrected chi connectivity index (χ1v) is 9.10. The molecule has 0 spiro atoms. The van der Waals surface area contributed by atoms with Crippen molar-refractivity contribution < 1.29 is 4.74 Å². The first-order valence-electron chi connectivity index (χ1n) is 9.10. The van der Waals surface area contributed by atoms with Gasteiger partial charge in [-0.2, -0.15) is 0 Å². The zero-order valence-corrected chi connectivity index (χ0v) is 14.3. The van der Waals surface area contributed by atoms with Gasteiger partial charge in [-0.05, 0) is 68.6 Å². The summed E-state index contributed by atoms with van der Waals surface area (Å²) in [7, 11) is 0. The van der Waals surface area contributed by atoms with Crippen LogP contribution in [0.25, 0.3) is 0 Å². The molecule has 3 heteroatoms. The third-order valence-electron chi connectivity index (χ3n) is 4.59. The molecular formula is C21H28N2O. The molecule has 2 aromatic rings. The molecule has 24 heavy (non-hydrogen) atoms. The molecule has 1 saturated heterocycles. The summed E-state index contributed by atoms with van der Waals surface area (Å²) in [6.45, 7) is 3.99. The van der Waals surface area contributed by atoms with E-state index in [0.717, 1.165) is 25.3 Å². The maximum absolute atomic E-state index is 5.84. The van der Waals surface area contributed by atoms with Gasteiger partial charge in [0.15, 0.2) is 0 Å². The van der Waals surface area contributed by atoms with Crippen molar-refractivity contribution in [3.05, 3.63) is 65.7 Å². The molecule has 1 heterocycles. The Morgan fingerprint density at radius 3 is 2.58 bits per heavy atom. The fourth-order valence-corrected chi connectivity index (χ4v) is 3.14. The van der Waals surface area contributed by atoms with E-state index >= 15 is 0 Å². The van der Waals surface area contributed by atoms with Gasteiger partial charge in [-0.1, -0.05) is 42.5 Å². The lowest BCUT2D eigenvalue weighted by Gasteiger charge is -2.15. The number of hydrogen-bond acceptors (Lipinski definition) is 3. The second kappa shape index (κ2) is 9.45. The van der Waals surface area contributed by atoms with Crippen molar-refractivity contribution in [3.8, 4) is 5.75 Å². The topological polar surface area (TPSA) is 33.3 Å². The van der Waals surface area contributed by atoms with Gasteiger partial charge < -0.3 is 15.4 Å². The van der Waals surface area contributed by atoms with Crippen LogP contribution in [0.15, 0.2) is 54.6 Å². The van der Waals surface area contributed by atoms with Crippen molar-refractivity contribution in [2.45, 2.75) is 38.3 Å². The fourth-order valence-electron chi connectivity index (χ4n) is 3.14. The number of rotatable bonds is 7. The van der Waals surface area contributed by atoms with Gasteiger partial charge in [0, 0.05) is 6.04 Å². The van der Waals surface area contributed by atoms with Crippen molar-refractivity contribution in [1.82, 2.24) is 10.6 Å². The molecule has 1 aliphatic rings. The third-order valence-corrected chi connectivity index (χ3v) is 4.59. The molecule has 0 amide bonds. The van der Waals surface area contributed by atoms with E-state index in [9.17, 15) is 0 Å². The van der Waals surface area contributed by atoms with Gasteiger partial charge in [0.25, 0.3) is 0 Å². The normalized spacial score (nSPS) is 18.1. The summed E-state index contributed by atoms with van der Waals surface area (Å²) in [5, 5.41) is 7.16. The second-order valence-corrected chi connectivity index (χ2v) is 6.50. The highest BCUT2D eigenvalue weighted by Gasteiger charge is 2.10. The monoisotopic (exact) mass is 324 g/mol. The number of benzene rings is 2. The lowest BCUT2D eigenvalue weighted by molar-refractivity contribution is 0.306. The van der Waals surface area contributed by atoms with Gasteiger partial charge in [0.1, 0.15) is 12.4 Å². The Kier molecular flexibility index (Phi) is 6.70. The average molecular weight is 324 g/mol. The summed E-state index contributed by atoms with van der Waals surface area (Å²) < 4.78 is 5.84. The number of hydrogen-bond donors (Lipinski definition) is 2. The van der Waals surface area contributed by atoms with Crippen molar-refractivity contribution in [2.24, 2.45) is 0 Å². The molecular weight excluding hydrogens is 296 g/mol. The largest absolute Gasteiger partial charge is 0.489 e. The van der Waals surface area contributed by atoms with Gasteiger partial charge in [-0.3, -0.25) is 0 Å². The van der Waals surface area contributed by atoms with Crippen LogP contribution in [-0.4, -0.2) is 25.7 Å². The molecule has 0 bridgehead atoms. The summed E-state index contributed by atoms with van der Waals surface area (Å²) in [5.74, 6) is 0.936. The van der Waals surface area contributed by atoms with Crippen LogP contribution < -0.4 is 15.4 Å². The molecule has 0 saturated carbocycles. The molecule has 0 aliphatic carbocycles. The minimum absolute atomic E-state index is 0.622. The molecule has 1 aliphatic heterocycles. The molecule has 0 aromatic heterocycles. The molecule has 2 aromatic carbocycles. The van der Waals surface area contributed by atoms with Crippen molar-refractivity contribution in [3.63, 3.8) is 0 Å². The van der Waals surface area contributed by atoms with Gasteiger partial charge in [0.2, 0.25) is 0 Å². The molecule has 1 unspecified atom stereocenters. The Bertz CT molecular complexity index is 575. The van der Waals surface area contributed by atoms with Crippen LogP contribution in [0.2, 0.25) is 0 Å². The molecule has 0 radical (unpaired) electrons. The van der Waals surface area contributed by atoms with Gasteiger partial charge in [-0.15, -0.1) is 0 Å². The smallest absolute Gasteiger partial charge is 0.119 e. The van der Waals surface area contributed by atoms with Crippen molar-refractivity contribution in [2.75, 3.05) is 19.6 Å². The van der Waals surface area contributed by atoms with E-state index in [4.69, 9.17) is 4.74 Å². The predicted molar refractivity (Wildman–Crippen MR) is 99.4 cm³/mol. The lowest BCUT2D eigenvalue weighted by atomic mass is 10.1. The van der Waals surface area contributed by atoms with E-state index in [1.54, 1.807) is 0 Å². The Morgan fingerprint density at radius 1 is 0.917 bits per heavy atom. The molecule has 3 nitrogen and oxygen atoms in total. The lowest BCUT2D eigenvalue weighted by Crippen LogP contribution is -2.31. The van der Waals surface area contributed by atoms with Crippen LogP contribution in [-0.2, 0) is 13.0 Å². The number of nitrogens with one attached hydrogen (secondary N) is 2. The quantitative estimate of drug-likeness (QED) is 0.817. The fraction of sp³-hybridized carbons (Fsp3) is 0.429. The summed E-state index contributed by atoms with van der Waals surface area (Å²) in [4.78, 5) is 0. The Balaban J connectivity index is 1.39. The van der Waals surface area contributed by atoms with E-state index in [2.05, 4.69) is 47.0 Å². The Morgan fingerprint density at radius 2 is 1.75 bits per heavy atom. The van der Waals surface area contributed by atoms with Crippen LogP contribution in [0.5, 0.6) is 5.75 Å². The SMILES string of the molecule is c1ccc(COc2ccc(CCNC3CCCNCC3)cc2)cc1. The van der Waals surface area contributed by atoms with E-state index in [0.29, 0.717) is 12.6 Å². The number of ether oxygens (including phenoxy) is 1. The maximum Gasteiger partial charge on any atom is 0.119 e. The predicted octanol–water partition coefficient (Wildman–Crippen LogP) is 3.54. The molecule has 2 N–H and O–H groups in total. The Hall–Kier alpha value is -1.84. The summed E-state index contributed by atoms with van der Waals surface area (Å²) >= 11 is 0. The molecule has 1 atom stereocenters. The summed E-state index contributed by atoms with van der Waals surface area (Å²) in [5.41, 5.74) is 2.56. The molecule has 128 valence electrons. The van der Waals surface area contributed by atoms with Crippen LogP contribution in [0.4, 0.5) is 0 Å². The van der Waals surface area contributed by atoms with E-state index in [1.807, 2.05) is 18.2 Å². The van der Waals surface area contributed by atoms with Gasteiger partial charge in [-0.25, -0.2) is 0 Å². The Labute approximate surface area is 145 Å². The minimum Gasteiger partial charge on any atom is -0.489 e. The highest BCUT2D eigenvalue weighted by Crippen LogP contribution is 2.14. The standard InChI is InChI=1S/C21H28N2O/c1-2-5-19(6-3-1)17-24-21-10-8-18(9-11-21)12-16-23-20-7-4-14-22-15-13-20/h1-3,5-6,8-11,20,22-23H,4,7,12-17H2. The first-order chi connectivity index (χ1) is 11.9. The minimum atomic E-state index is 0.622. The zero-order chi connectivity index (χ0) is 16.5.